The number of para-hydroxylation sites is 1. The van der Waals surface area contributed by atoms with Crippen LogP contribution in [0.5, 0.6) is 0 Å². The maximum Gasteiger partial charge on any atom is 0.267 e. The first-order valence-corrected chi connectivity index (χ1v) is 11.3. The van der Waals surface area contributed by atoms with E-state index in [1.54, 1.807) is 17.7 Å². The first kappa shape index (κ1) is 22.3. The van der Waals surface area contributed by atoms with Gasteiger partial charge in [0, 0.05) is 29.7 Å². The summed E-state index contributed by atoms with van der Waals surface area (Å²) in [4.78, 5) is 30.6. The van der Waals surface area contributed by atoms with E-state index in [0.717, 1.165) is 33.9 Å². The van der Waals surface area contributed by atoms with E-state index < -0.39 is 6.04 Å². The molecule has 9 heteroatoms. The van der Waals surface area contributed by atoms with Gasteiger partial charge in [-0.25, -0.2) is 14.3 Å². The van der Waals surface area contributed by atoms with Crippen molar-refractivity contribution in [3.8, 4) is 17.1 Å². The number of pyridine rings is 1. The van der Waals surface area contributed by atoms with Gasteiger partial charge in [-0.3, -0.25) is 9.59 Å². The van der Waals surface area contributed by atoms with Gasteiger partial charge in [-0.1, -0.05) is 24.3 Å². The van der Waals surface area contributed by atoms with Crippen LogP contribution in [0.1, 0.15) is 29.9 Å². The number of benzene rings is 1. The highest BCUT2D eigenvalue weighted by atomic mass is 16.2. The molecule has 1 atom stereocenters. The van der Waals surface area contributed by atoms with Crippen LogP contribution in [0.15, 0.2) is 71.8 Å². The molecule has 5 aromatic rings. The van der Waals surface area contributed by atoms with Crippen molar-refractivity contribution in [3.63, 3.8) is 0 Å². The molecule has 0 aliphatic heterocycles. The van der Waals surface area contributed by atoms with Gasteiger partial charge in [-0.15, -0.1) is 5.10 Å². The highest BCUT2D eigenvalue weighted by Gasteiger charge is 2.21. The number of fused-ring (bicyclic) bond motifs is 1. The molecule has 0 radical (unpaired) electrons. The molecule has 0 saturated carbocycles. The highest BCUT2D eigenvalue weighted by Crippen LogP contribution is 2.28. The van der Waals surface area contributed by atoms with Crippen molar-refractivity contribution in [2.45, 2.75) is 33.7 Å². The van der Waals surface area contributed by atoms with Crippen molar-refractivity contribution < 1.29 is 4.79 Å². The molecule has 1 amide bonds. The minimum atomic E-state index is -0.851. The zero-order chi connectivity index (χ0) is 24.7. The molecule has 4 aromatic heterocycles. The van der Waals surface area contributed by atoms with Crippen molar-refractivity contribution in [3.05, 3.63) is 94.3 Å². The van der Waals surface area contributed by atoms with Crippen LogP contribution >= 0.6 is 0 Å². The standard InChI is InChI=1S/C26H25N7O2/c1-16-8-7-13-31-15-22(27-25(16)31)20-9-5-6-10-21(20)28-26(35)19(4)33-24(34)12-11-23(30-33)32-18(3)14-17(2)29-32/h5-15,19H,1-4H3,(H,28,35). The molecule has 4 heterocycles. The quantitative estimate of drug-likeness (QED) is 0.423. The van der Waals surface area contributed by atoms with E-state index in [1.807, 2.05) is 80.0 Å². The lowest BCUT2D eigenvalue weighted by Gasteiger charge is -2.16. The van der Waals surface area contributed by atoms with E-state index in [1.165, 1.54) is 10.7 Å². The van der Waals surface area contributed by atoms with Crippen LogP contribution < -0.4 is 10.9 Å². The molecule has 5 rings (SSSR count). The van der Waals surface area contributed by atoms with Crippen LogP contribution in [0.3, 0.4) is 0 Å². The number of amides is 1. The second kappa shape index (κ2) is 8.68. The summed E-state index contributed by atoms with van der Waals surface area (Å²) in [6.07, 6.45) is 3.87. The SMILES string of the molecule is Cc1cc(C)n(-c2ccc(=O)n(C(C)C(=O)Nc3ccccc3-c3cn4cccc(C)c4n3)n2)n1. The molecule has 0 aliphatic carbocycles. The molecule has 176 valence electrons. The van der Waals surface area contributed by atoms with Gasteiger partial charge in [0.25, 0.3) is 5.56 Å². The van der Waals surface area contributed by atoms with Crippen molar-refractivity contribution in [2.75, 3.05) is 5.32 Å². The lowest BCUT2D eigenvalue weighted by molar-refractivity contribution is -0.119. The number of carbonyl (C=O) groups is 1. The molecule has 0 aliphatic rings. The Morgan fingerprint density at radius 1 is 1.00 bits per heavy atom. The molecular weight excluding hydrogens is 442 g/mol. The average molecular weight is 468 g/mol. The Labute approximate surface area is 201 Å². The molecule has 1 aromatic carbocycles. The smallest absolute Gasteiger partial charge is 0.267 e. The molecule has 1 N–H and O–H groups in total. The fraction of sp³-hybridized carbons (Fsp3) is 0.192. The largest absolute Gasteiger partial charge is 0.324 e. The van der Waals surface area contributed by atoms with Crippen molar-refractivity contribution >= 4 is 17.2 Å². The summed E-state index contributed by atoms with van der Waals surface area (Å²) in [6, 6.07) is 15.5. The molecule has 0 fully saturated rings. The molecular formula is C26H25N7O2. The van der Waals surface area contributed by atoms with Crippen molar-refractivity contribution in [1.82, 2.24) is 28.9 Å². The summed E-state index contributed by atoms with van der Waals surface area (Å²) in [5.41, 5.74) is 5.39. The van der Waals surface area contributed by atoms with Gasteiger partial charge in [0.05, 0.1) is 17.1 Å². The third kappa shape index (κ3) is 4.12. The van der Waals surface area contributed by atoms with Crippen LogP contribution in [0.25, 0.3) is 22.7 Å². The van der Waals surface area contributed by atoms with Crippen LogP contribution in [-0.2, 0) is 4.79 Å². The second-order valence-electron chi connectivity index (χ2n) is 8.57. The number of anilines is 1. The van der Waals surface area contributed by atoms with Crippen LogP contribution in [-0.4, -0.2) is 34.9 Å². The van der Waals surface area contributed by atoms with E-state index in [9.17, 15) is 9.59 Å². The van der Waals surface area contributed by atoms with E-state index in [0.29, 0.717) is 11.5 Å². The van der Waals surface area contributed by atoms with E-state index >= 15 is 0 Å². The Balaban J connectivity index is 1.46. The third-order valence-electron chi connectivity index (χ3n) is 5.92. The van der Waals surface area contributed by atoms with E-state index in [4.69, 9.17) is 4.98 Å². The highest BCUT2D eigenvalue weighted by molar-refractivity contribution is 5.97. The van der Waals surface area contributed by atoms with Gasteiger partial charge in [-0.05, 0) is 57.5 Å². The number of aromatic nitrogens is 6. The molecule has 9 nitrogen and oxygen atoms in total. The molecule has 0 saturated heterocycles. The Morgan fingerprint density at radius 2 is 1.80 bits per heavy atom. The van der Waals surface area contributed by atoms with Crippen molar-refractivity contribution in [2.24, 2.45) is 0 Å². The summed E-state index contributed by atoms with van der Waals surface area (Å²) in [5.74, 6) is 0.104. The van der Waals surface area contributed by atoms with E-state index in [-0.39, 0.29) is 11.5 Å². The summed E-state index contributed by atoms with van der Waals surface area (Å²) in [7, 11) is 0. The monoisotopic (exact) mass is 467 g/mol. The Hall–Kier alpha value is -4.53. The number of nitrogens with zero attached hydrogens (tertiary/aromatic N) is 6. The molecule has 35 heavy (non-hydrogen) atoms. The van der Waals surface area contributed by atoms with Crippen LogP contribution in [0.2, 0.25) is 0 Å². The number of hydrogen-bond acceptors (Lipinski definition) is 5. The number of imidazole rings is 1. The lowest BCUT2D eigenvalue weighted by Crippen LogP contribution is -2.33. The Morgan fingerprint density at radius 3 is 2.54 bits per heavy atom. The minimum absolute atomic E-state index is 0.363. The summed E-state index contributed by atoms with van der Waals surface area (Å²) in [5, 5.41) is 11.8. The molecule has 0 spiro atoms. The molecule has 0 bridgehead atoms. The number of nitrogens with one attached hydrogen (secondary N) is 1. The van der Waals surface area contributed by atoms with Gasteiger partial charge in [0.2, 0.25) is 5.91 Å². The summed E-state index contributed by atoms with van der Waals surface area (Å²) in [6.45, 7) is 7.44. The normalized spacial score (nSPS) is 12.1. The predicted octanol–water partition coefficient (Wildman–Crippen LogP) is 3.87. The number of hydrogen-bond donors (Lipinski definition) is 1. The minimum Gasteiger partial charge on any atom is -0.324 e. The number of carbonyl (C=O) groups excluding carboxylic acids is 1. The van der Waals surface area contributed by atoms with Gasteiger partial charge >= 0.3 is 0 Å². The Kier molecular flexibility index (Phi) is 5.52. The lowest BCUT2D eigenvalue weighted by atomic mass is 10.1. The summed E-state index contributed by atoms with van der Waals surface area (Å²) < 4.78 is 4.79. The average Bonchev–Trinajstić information content (AvgIpc) is 3.42. The molecule has 1 unspecified atom stereocenters. The Bertz CT molecular complexity index is 1630. The van der Waals surface area contributed by atoms with Gasteiger partial charge in [0.1, 0.15) is 11.7 Å². The van der Waals surface area contributed by atoms with Crippen molar-refractivity contribution in [1.29, 1.82) is 0 Å². The summed E-state index contributed by atoms with van der Waals surface area (Å²) >= 11 is 0. The number of rotatable bonds is 5. The maximum atomic E-state index is 13.2. The number of aryl methyl sites for hydroxylation is 3. The first-order valence-electron chi connectivity index (χ1n) is 11.3. The van der Waals surface area contributed by atoms with Crippen LogP contribution in [0.4, 0.5) is 5.69 Å². The van der Waals surface area contributed by atoms with Gasteiger partial charge in [0.15, 0.2) is 5.82 Å². The fourth-order valence-electron chi connectivity index (χ4n) is 4.11. The van der Waals surface area contributed by atoms with Gasteiger partial charge < -0.3 is 9.72 Å². The third-order valence-corrected chi connectivity index (χ3v) is 5.92. The second-order valence-corrected chi connectivity index (χ2v) is 8.57. The predicted molar refractivity (Wildman–Crippen MR) is 134 cm³/mol. The topological polar surface area (TPSA) is 99.1 Å². The van der Waals surface area contributed by atoms with Gasteiger partial charge in [-0.2, -0.15) is 5.10 Å². The zero-order valence-electron chi connectivity index (χ0n) is 19.9. The van der Waals surface area contributed by atoms with Crippen LogP contribution in [0, 0.1) is 20.8 Å². The zero-order valence-corrected chi connectivity index (χ0v) is 19.9. The fourth-order valence-corrected chi connectivity index (χ4v) is 4.11. The van der Waals surface area contributed by atoms with E-state index in [2.05, 4.69) is 15.5 Å². The first-order chi connectivity index (χ1) is 16.8. The maximum absolute atomic E-state index is 13.2.